The van der Waals surface area contributed by atoms with Crippen LogP contribution in [0.25, 0.3) is 0 Å². The first kappa shape index (κ1) is 15.7. The Morgan fingerprint density at radius 2 is 1.67 bits per heavy atom. The quantitative estimate of drug-likeness (QED) is 0.869. The second-order valence-electron chi connectivity index (χ2n) is 5.17. The lowest BCUT2D eigenvalue weighted by Crippen LogP contribution is -2.53. The molecule has 2 nitrogen and oxygen atoms in total. The van der Waals surface area contributed by atoms with Crippen molar-refractivity contribution in [1.29, 1.82) is 0 Å². The predicted octanol–water partition coefficient (Wildman–Crippen LogP) is 3.47. The normalized spacial score (nSPS) is 13.9. The van der Waals surface area contributed by atoms with E-state index < -0.39 is 0 Å². The van der Waals surface area contributed by atoms with Crippen molar-refractivity contribution in [3.8, 4) is 0 Å². The maximum atomic E-state index is 10.5. The Morgan fingerprint density at radius 3 is 2.11 bits per heavy atom. The summed E-state index contributed by atoms with van der Waals surface area (Å²) in [5.41, 5.74) is 0.974. The monoisotopic (exact) mass is 313 g/mol. The minimum atomic E-state index is -0.362. The molecule has 1 aromatic carbocycles. The smallest absolute Gasteiger partial charge is 0.0758 e. The second kappa shape index (κ2) is 6.69. The molecule has 0 bridgehead atoms. The molecule has 18 heavy (non-hydrogen) atoms. The van der Waals surface area contributed by atoms with Crippen molar-refractivity contribution in [3.63, 3.8) is 0 Å². The minimum absolute atomic E-state index is 0.198. The number of hydrogen-bond donors (Lipinski definition) is 1. The van der Waals surface area contributed by atoms with Gasteiger partial charge in [0.25, 0.3) is 0 Å². The highest BCUT2D eigenvalue weighted by Gasteiger charge is 2.32. The third-order valence-corrected chi connectivity index (χ3v) is 4.26. The standard InChI is InChI=1S/C15H24BrNO/c1-5-17(6-2)15(3,4)14(18)11-12-7-9-13(16)10-8-12/h7-10,14,18H,5-6,11H2,1-4H3. The molecule has 1 aromatic rings. The molecule has 0 fully saturated rings. The van der Waals surface area contributed by atoms with Crippen LogP contribution < -0.4 is 0 Å². The van der Waals surface area contributed by atoms with Crippen LogP contribution in [0.5, 0.6) is 0 Å². The molecular formula is C15H24BrNO. The third kappa shape index (κ3) is 3.81. The van der Waals surface area contributed by atoms with E-state index in [2.05, 4.69) is 60.7 Å². The van der Waals surface area contributed by atoms with Gasteiger partial charge in [0.15, 0.2) is 0 Å². The van der Waals surface area contributed by atoms with Crippen LogP contribution in [0.4, 0.5) is 0 Å². The molecule has 1 N–H and O–H groups in total. The first-order valence-electron chi connectivity index (χ1n) is 6.59. The molecule has 1 atom stereocenters. The van der Waals surface area contributed by atoms with E-state index in [9.17, 15) is 5.11 Å². The summed E-state index contributed by atoms with van der Waals surface area (Å²) in [5.74, 6) is 0. The van der Waals surface area contributed by atoms with Crippen LogP contribution >= 0.6 is 15.9 Å². The zero-order valence-electron chi connectivity index (χ0n) is 11.8. The Morgan fingerprint density at radius 1 is 1.17 bits per heavy atom. The maximum absolute atomic E-state index is 10.5. The van der Waals surface area contributed by atoms with E-state index in [1.165, 1.54) is 5.56 Å². The Bertz CT molecular complexity index is 357. The Hall–Kier alpha value is -0.380. The van der Waals surface area contributed by atoms with E-state index in [1.807, 2.05) is 12.1 Å². The molecule has 0 radical (unpaired) electrons. The lowest BCUT2D eigenvalue weighted by atomic mass is 9.90. The number of likely N-dealkylation sites (N-methyl/N-ethyl adjacent to an activating group) is 1. The average molecular weight is 314 g/mol. The first-order chi connectivity index (χ1) is 8.41. The van der Waals surface area contributed by atoms with Gasteiger partial charge < -0.3 is 5.11 Å². The van der Waals surface area contributed by atoms with E-state index >= 15 is 0 Å². The fourth-order valence-electron chi connectivity index (χ4n) is 2.34. The molecule has 0 saturated carbocycles. The largest absolute Gasteiger partial charge is 0.391 e. The van der Waals surface area contributed by atoms with Crippen LogP contribution in [0.2, 0.25) is 0 Å². The molecule has 0 saturated heterocycles. The summed E-state index contributed by atoms with van der Waals surface area (Å²) in [7, 11) is 0. The summed E-state index contributed by atoms with van der Waals surface area (Å²) >= 11 is 3.43. The van der Waals surface area contributed by atoms with Gasteiger partial charge in [0, 0.05) is 16.4 Å². The zero-order chi connectivity index (χ0) is 13.8. The lowest BCUT2D eigenvalue weighted by molar-refractivity contribution is -0.00415. The fourth-order valence-corrected chi connectivity index (χ4v) is 2.61. The molecule has 102 valence electrons. The maximum Gasteiger partial charge on any atom is 0.0758 e. The van der Waals surface area contributed by atoms with E-state index in [0.717, 1.165) is 17.6 Å². The van der Waals surface area contributed by atoms with E-state index in [4.69, 9.17) is 0 Å². The summed E-state index contributed by atoms with van der Waals surface area (Å²) in [6, 6.07) is 8.16. The summed E-state index contributed by atoms with van der Waals surface area (Å²) in [6.07, 6.45) is 0.329. The van der Waals surface area contributed by atoms with Gasteiger partial charge in [-0.25, -0.2) is 0 Å². The number of benzene rings is 1. The third-order valence-electron chi connectivity index (χ3n) is 3.74. The molecule has 1 rings (SSSR count). The van der Waals surface area contributed by atoms with Crippen LogP contribution in [-0.2, 0) is 6.42 Å². The second-order valence-corrected chi connectivity index (χ2v) is 6.09. The average Bonchev–Trinajstić information content (AvgIpc) is 2.33. The van der Waals surface area contributed by atoms with E-state index in [1.54, 1.807) is 0 Å². The number of aliphatic hydroxyl groups excluding tert-OH is 1. The summed E-state index contributed by atoms with van der Waals surface area (Å²) in [6.45, 7) is 10.4. The molecular weight excluding hydrogens is 290 g/mol. The van der Waals surface area contributed by atoms with Crippen LogP contribution in [0.15, 0.2) is 28.7 Å². The summed E-state index contributed by atoms with van der Waals surface area (Å²) in [4.78, 5) is 2.30. The van der Waals surface area contributed by atoms with Crippen molar-refractivity contribution in [3.05, 3.63) is 34.3 Å². The van der Waals surface area contributed by atoms with Crippen molar-refractivity contribution < 1.29 is 5.11 Å². The first-order valence-corrected chi connectivity index (χ1v) is 7.38. The highest BCUT2D eigenvalue weighted by Crippen LogP contribution is 2.22. The Labute approximate surface area is 119 Å². The molecule has 0 aromatic heterocycles. The van der Waals surface area contributed by atoms with Gasteiger partial charge in [-0.15, -0.1) is 0 Å². The number of nitrogens with zero attached hydrogens (tertiary/aromatic N) is 1. The molecule has 0 amide bonds. The van der Waals surface area contributed by atoms with Crippen molar-refractivity contribution in [1.82, 2.24) is 4.90 Å². The summed E-state index contributed by atoms with van der Waals surface area (Å²) in [5, 5.41) is 10.5. The Kier molecular flexibility index (Phi) is 5.83. The van der Waals surface area contributed by atoms with Gasteiger partial charge in [0.05, 0.1) is 6.10 Å². The molecule has 1 unspecified atom stereocenters. The number of aliphatic hydroxyl groups is 1. The number of rotatable bonds is 6. The zero-order valence-corrected chi connectivity index (χ0v) is 13.4. The van der Waals surface area contributed by atoms with Gasteiger partial charge in [-0.2, -0.15) is 0 Å². The van der Waals surface area contributed by atoms with Crippen molar-refractivity contribution in [2.24, 2.45) is 0 Å². The minimum Gasteiger partial charge on any atom is -0.391 e. The molecule has 0 aliphatic rings. The van der Waals surface area contributed by atoms with Crippen LogP contribution in [0.3, 0.4) is 0 Å². The SMILES string of the molecule is CCN(CC)C(C)(C)C(O)Cc1ccc(Br)cc1. The highest BCUT2D eigenvalue weighted by molar-refractivity contribution is 9.10. The Balaban J connectivity index is 2.74. The van der Waals surface area contributed by atoms with Crippen molar-refractivity contribution in [2.45, 2.75) is 45.8 Å². The molecule has 0 heterocycles. The van der Waals surface area contributed by atoms with Crippen molar-refractivity contribution in [2.75, 3.05) is 13.1 Å². The molecule has 3 heteroatoms. The number of halogens is 1. The number of hydrogen-bond acceptors (Lipinski definition) is 2. The van der Waals surface area contributed by atoms with Gasteiger partial charge >= 0.3 is 0 Å². The van der Waals surface area contributed by atoms with Gasteiger partial charge in [0.2, 0.25) is 0 Å². The molecule has 0 spiro atoms. The fraction of sp³-hybridized carbons (Fsp3) is 0.600. The van der Waals surface area contributed by atoms with E-state index in [0.29, 0.717) is 6.42 Å². The predicted molar refractivity (Wildman–Crippen MR) is 80.9 cm³/mol. The van der Waals surface area contributed by atoms with Gasteiger partial charge in [0.1, 0.15) is 0 Å². The van der Waals surface area contributed by atoms with Crippen molar-refractivity contribution >= 4 is 15.9 Å². The molecule has 0 aliphatic carbocycles. The van der Waals surface area contributed by atoms with Crippen LogP contribution in [0.1, 0.15) is 33.3 Å². The summed E-state index contributed by atoms with van der Waals surface area (Å²) < 4.78 is 1.07. The highest BCUT2D eigenvalue weighted by atomic mass is 79.9. The van der Waals surface area contributed by atoms with Gasteiger partial charge in [-0.05, 0) is 44.6 Å². The van der Waals surface area contributed by atoms with Crippen LogP contribution in [0, 0.1) is 0 Å². The van der Waals surface area contributed by atoms with Crippen LogP contribution in [-0.4, -0.2) is 34.7 Å². The van der Waals surface area contributed by atoms with E-state index in [-0.39, 0.29) is 11.6 Å². The molecule has 0 aliphatic heterocycles. The topological polar surface area (TPSA) is 23.5 Å². The van der Waals surface area contributed by atoms with Gasteiger partial charge in [-0.3, -0.25) is 4.90 Å². The van der Waals surface area contributed by atoms with Gasteiger partial charge in [-0.1, -0.05) is 41.9 Å². The lowest BCUT2D eigenvalue weighted by Gasteiger charge is -2.41.